The Balaban J connectivity index is 1.55. The Kier molecular flexibility index (Phi) is 5.42. The second-order valence-corrected chi connectivity index (χ2v) is 8.97. The molecule has 4 aromatic heterocycles. The molecule has 0 aliphatic rings. The highest BCUT2D eigenvalue weighted by molar-refractivity contribution is 7.98. The molecule has 0 aliphatic carbocycles. The molecular formula is C23H25N7OS. The van der Waals surface area contributed by atoms with Crippen LogP contribution in [0.15, 0.2) is 46.5 Å². The summed E-state index contributed by atoms with van der Waals surface area (Å²) in [7, 11) is 0. The molecule has 0 amide bonds. The second kappa shape index (κ2) is 8.38. The van der Waals surface area contributed by atoms with Crippen LogP contribution < -0.4 is 5.56 Å². The fraction of sp³-hybridized carbons (Fsp3) is 0.348. The van der Waals surface area contributed by atoms with E-state index in [1.807, 2.05) is 52.3 Å². The van der Waals surface area contributed by atoms with Crippen LogP contribution in [0.3, 0.4) is 0 Å². The fourth-order valence-corrected chi connectivity index (χ4v) is 4.90. The molecule has 0 fully saturated rings. The van der Waals surface area contributed by atoms with E-state index in [1.165, 1.54) is 0 Å². The number of unbranched alkanes of at least 4 members (excludes halogenated alkanes) is 2. The van der Waals surface area contributed by atoms with Crippen molar-refractivity contribution in [3.05, 3.63) is 64.0 Å². The maximum atomic E-state index is 13.1. The van der Waals surface area contributed by atoms with Gasteiger partial charge in [-0.15, -0.1) is 10.2 Å². The summed E-state index contributed by atoms with van der Waals surface area (Å²) in [5.41, 5.74) is 3.80. The van der Waals surface area contributed by atoms with Gasteiger partial charge in [0.25, 0.3) is 5.56 Å². The molecule has 0 aliphatic heterocycles. The summed E-state index contributed by atoms with van der Waals surface area (Å²) in [6.07, 6.45) is 5.13. The molecule has 0 bridgehead atoms. The maximum absolute atomic E-state index is 13.1. The maximum Gasteiger partial charge on any atom is 0.262 e. The molecule has 1 aromatic carbocycles. The van der Waals surface area contributed by atoms with Crippen LogP contribution in [0.5, 0.6) is 0 Å². The summed E-state index contributed by atoms with van der Waals surface area (Å²) in [5.74, 6) is 1.93. The Morgan fingerprint density at radius 1 is 1.06 bits per heavy atom. The van der Waals surface area contributed by atoms with E-state index in [2.05, 4.69) is 34.0 Å². The van der Waals surface area contributed by atoms with Crippen LogP contribution in [-0.2, 0) is 12.3 Å². The number of thioether (sulfide) groups is 1. The topological polar surface area (TPSA) is 82.4 Å². The molecule has 0 saturated heterocycles. The van der Waals surface area contributed by atoms with E-state index >= 15 is 0 Å². The number of para-hydroxylation sites is 1. The molecule has 5 aromatic rings. The molecule has 0 saturated carbocycles. The lowest BCUT2D eigenvalue weighted by Gasteiger charge is -2.11. The zero-order chi connectivity index (χ0) is 22.2. The number of benzene rings is 1. The van der Waals surface area contributed by atoms with E-state index < -0.39 is 0 Å². The lowest BCUT2D eigenvalue weighted by atomic mass is 10.2. The molecule has 164 valence electrons. The normalized spacial score (nSPS) is 11.8. The molecule has 0 unspecified atom stereocenters. The van der Waals surface area contributed by atoms with Crippen molar-refractivity contribution in [3.8, 4) is 0 Å². The van der Waals surface area contributed by atoms with Gasteiger partial charge in [0.1, 0.15) is 0 Å². The number of imidazole rings is 1. The highest BCUT2D eigenvalue weighted by Crippen LogP contribution is 2.25. The summed E-state index contributed by atoms with van der Waals surface area (Å²) in [6.45, 7) is 6.82. The molecule has 0 spiro atoms. The predicted octanol–water partition coefficient (Wildman–Crippen LogP) is 4.19. The van der Waals surface area contributed by atoms with Gasteiger partial charge < -0.3 is 0 Å². The van der Waals surface area contributed by atoms with Crippen LogP contribution in [0.2, 0.25) is 0 Å². The fourth-order valence-electron chi connectivity index (χ4n) is 4.07. The first-order valence-corrected chi connectivity index (χ1v) is 11.9. The lowest BCUT2D eigenvalue weighted by molar-refractivity contribution is 0.594. The van der Waals surface area contributed by atoms with Crippen LogP contribution in [0.4, 0.5) is 0 Å². The Labute approximate surface area is 189 Å². The van der Waals surface area contributed by atoms with Crippen molar-refractivity contribution in [2.45, 2.75) is 57.5 Å². The minimum Gasteiger partial charge on any atom is -0.288 e. The van der Waals surface area contributed by atoms with Crippen molar-refractivity contribution in [1.29, 1.82) is 0 Å². The highest BCUT2D eigenvalue weighted by atomic mass is 32.2. The zero-order valence-electron chi connectivity index (χ0n) is 18.4. The summed E-state index contributed by atoms with van der Waals surface area (Å²) in [5, 5.41) is 10.3. The molecule has 32 heavy (non-hydrogen) atoms. The van der Waals surface area contributed by atoms with Gasteiger partial charge in [-0.1, -0.05) is 43.7 Å². The van der Waals surface area contributed by atoms with Gasteiger partial charge in [0, 0.05) is 29.9 Å². The number of fused-ring (bicyclic) bond motifs is 4. The van der Waals surface area contributed by atoms with Crippen molar-refractivity contribution < 1.29 is 0 Å². The van der Waals surface area contributed by atoms with E-state index in [-0.39, 0.29) is 5.56 Å². The Morgan fingerprint density at radius 3 is 2.75 bits per heavy atom. The molecule has 8 nitrogen and oxygen atoms in total. The standard InChI is InChI=1S/C23H25N7OS/c1-4-5-8-11-28-20(31)18-9-6-7-10-19(18)30-22(28)26-27-23(30)32-14-17-13-29-16(3)12-15(2)24-21(29)25-17/h6-7,9-10,12-13H,4-5,8,11,14H2,1-3H3. The Bertz CT molecular complexity index is 1500. The van der Waals surface area contributed by atoms with E-state index in [9.17, 15) is 4.79 Å². The van der Waals surface area contributed by atoms with Crippen LogP contribution in [0.1, 0.15) is 43.3 Å². The van der Waals surface area contributed by atoms with Crippen LogP contribution in [0.25, 0.3) is 22.5 Å². The average Bonchev–Trinajstić information content (AvgIpc) is 3.39. The van der Waals surface area contributed by atoms with Gasteiger partial charge in [-0.2, -0.15) is 0 Å². The summed E-state index contributed by atoms with van der Waals surface area (Å²) < 4.78 is 5.76. The van der Waals surface area contributed by atoms with Crippen molar-refractivity contribution in [2.75, 3.05) is 0 Å². The third-order valence-electron chi connectivity index (χ3n) is 5.62. The second-order valence-electron chi connectivity index (χ2n) is 8.03. The van der Waals surface area contributed by atoms with Crippen LogP contribution in [0, 0.1) is 13.8 Å². The van der Waals surface area contributed by atoms with Crippen molar-refractivity contribution in [1.82, 2.24) is 33.5 Å². The van der Waals surface area contributed by atoms with E-state index in [0.717, 1.165) is 47.0 Å². The lowest BCUT2D eigenvalue weighted by Crippen LogP contribution is -2.23. The largest absolute Gasteiger partial charge is 0.288 e. The number of hydrogen-bond acceptors (Lipinski definition) is 6. The minimum atomic E-state index is -0.00887. The Hall–Kier alpha value is -3.20. The monoisotopic (exact) mass is 447 g/mol. The number of aryl methyl sites for hydroxylation is 3. The van der Waals surface area contributed by atoms with Crippen molar-refractivity contribution in [2.24, 2.45) is 0 Å². The van der Waals surface area contributed by atoms with E-state index in [0.29, 0.717) is 29.2 Å². The predicted molar refractivity (Wildman–Crippen MR) is 126 cm³/mol. The minimum absolute atomic E-state index is 0.00887. The first-order valence-electron chi connectivity index (χ1n) is 10.9. The molecule has 0 N–H and O–H groups in total. The average molecular weight is 448 g/mol. The van der Waals surface area contributed by atoms with Gasteiger partial charge in [0.2, 0.25) is 11.6 Å². The van der Waals surface area contributed by atoms with Gasteiger partial charge >= 0.3 is 0 Å². The number of hydrogen-bond donors (Lipinski definition) is 0. The third-order valence-corrected chi connectivity index (χ3v) is 6.59. The summed E-state index contributed by atoms with van der Waals surface area (Å²) in [4.78, 5) is 22.3. The van der Waals surface area contributed by atoms with Crippen molar-refractivity contribution >= 4 is 34.2 Å². The van der Waals surface area contributed by atoms with E-state index in [1.54, 1.807) is 16.3 Å². The smallest absolute Gasteiger partial charge is 0.262 e. The van der Waals surface area contributed by atoms with Gasteiger partial charge in [-0.05, 0) is 38.5 Å². The molecule has 5 rings (SSSR count). The first kappa shape index (κ1) is 20.7. The number of aromatic nitrogens is 7. The third kappa shape index (κ3) is 3.56. The molecule has 0 radical (unpaired) electrons. The molecular weight excluding hydrogens is 422 g/mol. The van der Waals surface area contributed by atoms with E-state index in [4.69, 9.17) is 0 Å². The number of rotatable bonds is 7. The van der Waals surface area contributed by atoms with Gasteiger partial charge in [0.05, 0.1) is 16.6 Å². The Morgan fingerprint density at radius 2 is 1.91 bits per heavy atom. The quantitative estimate of drug-likeness (QED) is 0.275. The van der Waals surface area contributed by atoms with Gasteiger partial charge in [0.15, 0.2) is 5.16 Å². The van der Waals surface area contributed by atoms with Crippen LogP contribution >= 0.6 is 11.8 Å². The zero-order valence-corrected chi connectivity index (χ0v) is 19.3. The van der Waals surface area contributed by atoms with Gasteiger partial charge in [-0.3, -0.25) is 18.2 Å². The molecule has 9 heteroatoms. The molecule has 0 atom stereocenters. The molecule has 4 heterocycles. The summed E-state index contributed by atoms with van der Waals surface area (Å²) >= 11 is 1.56. The SMILES string of the molecule is CCCCCn1c(=O)c2ccccc2n2c(SCc3cn4c(C)cc(C)nc4n3)nnc12. The first-order chi connectivity index (χ1) is 15.6. The highest BCUT2D eigenvalue weighted by Gasteiger charge is 2.17. The van der Waals surface area contributed by atoms with Crippen molar-refractivity contribution in [3.63, 3.8) is 0 Å². The van der Waals surface area contributed by atoms with Gasteiger partial charge in [-0.25, -0.2) is 9.97 Å². The number of nitrogens with zero attached hydrogens (tertiary/aromatic N) is 7. The van der Waals surface area contributed by atoms with Crippen LogP contribution in [-0.4, -0.2) is 33.5 Å². The summed E-state index contributed by atoms with van der Waals surface area (Å²) in [6, 6.07) is 9.71.